The molecule has 6 aromatic rings. The minimum Gasteiger partial charge on any atom is -0.458 e. The van der Waals surface area contributed by atoms with Crippen LogP contribution in [0.5, 0.6) is 11.5 Å². The van der Waals surface area contributed by atoms with Crippen LogP contribution in [0.2, 0.25) is 0 Å². The smallest absolute Gasteiger partial charge is 0.189 e. The summed E-state index contributed by atoms with van der Waals surface area (Å²) >= 11 is 0. The topological polar surface area (TPSA) is 12.5 Å². The lowest BCUT2D eigenvalue weighted by atomic mass is 9.91. The summed E-state index contributed by atoms with van der Waals surface area (Å²) < 4.78 is 6.73. The van der Waals surface area contributed by atoms with Gasteiger partial charge in [0, 0.05) is 23.0 Å². The highest BCUT2D eigenvalue weighted by Gasteiger charge is 2.53. The number of para-hydroxylation sites is 2. The van der Waals surface area contributed by atoms with Crippen LogP contribution in [-0.4, -0.2) is 8.07 Å². The highest BCUT2D eigenvalue weighted by atomic mass is 28.3. The van der Waals surface area contributed by atoms with Gasteiger partial charge in [0.2, 0.25) is 0 Å². The Morgan fingerprint density at radius 2 is 1.13 bits per heavy atom. The molecule has 0 saturated heterocycles. The summed E-state index contributed by atoms with van der Waals surface area (Å²) in [4.78, 5) is 2.41. The van der Waals surface area contributed by atoms with E-state index in [4.69, 9.17) is 4.74 Å². The van der Waals surface area contributed by atoms with Gasteiger partial charge >= 0.3 is 0 Å². The predicted octanol–water partition coefficient (Wildman–Crippen LogP) is 7.92. The van der Waals surface area contributed by atoms with Crippen LogP contribution >= 0.6 is 0 Å². The average Bonchev–Trinajstić information content (AvgIpc) is 3.41. The van der Waals surface area contributed by atoms with E-state index >= 15 is 0 Å². The quantitative estimate of drug-likeness (QED) is 0.192. The molecule has 3 heteroatoms. The number of rotatable bonds is 4. The molecule has 0 N–H and O–H groups in total. The van der Waals surface area contributed by atoms with E-state index in [-0.39, 0.29) is 0 Å². The fourth-order valence-electron chi connectivity index (χ4n) is 7.73. The van der Waals surface area contributed by atoms with Crippen molar-refractivity contribution in [3.8, 4) is 22.6 Å². The first-order chi connectivity index (χ1) is 22.3. The van der Waals surface area contributed by atoms with E-state index in [0.29, 0.717) is 5.92 Å². The Balaban J connectivity index is 1.25. The Labute approximate surface area is 265 Å². The standard InChI is InChI=1S/C42H31NOSi/c1-3-13-30(14-4-1)31-23-25-33(26-24-31)43(32-15-5-2-6-16-32)34-27-28-38-42(29-34)45(41-22-12-9-19-37(41)44-38)39-20-10-7-17-35(39)36-18-8-11-21-40(36)45/h1-23,25-29,31H,24H2. The van der Waals surface area contributed by atoms with E-state index in [0.717, 1.165) is 29.3 Å². The molecule has 3 aliphatic rings. The second-order valence-electron chi connectivity index (χ2n) is 12.0. The lowest BCUT2D eigenvalue weighted by molar-refractivity contribution is 0.487. The number of anilines is 2. The molecule has 0 aromatic heterocycles. The van der Waals surface area contributed by atoms with Crippen molar-refractivity contribution in [2.75, 3.05) is 4.90 Å². The zero-order valence-corrected chi connectivity index (χ0v) is 25.8. The summed E-state index contributed by atoms with van der Waals surface area (Å²) in [7, 11) is -2.67. The van der Waals surface area contributed by atoms with Crippen LogP contribution in [0.4, 0.5) is 11.4 Å². The summed E-state index contributed by atoms with van der Waals surface area (Å²) in [6.07, 6.45) is 8.01. The molecule has 0 radical (unpaired) electrons. The van der Waals surface area contributed by atoms with Gasteiger partial charge in [-0.25, -0.2) is 0 Å². The average molecular weight is 594 g/mol. The van der Waals surface area contributed by atoms with Gasteiger partial charge in [0.05, 0.1) is 0 Å². The first kappa shape index (κ1) is 26.1. The Hall–Kier alpha value is -5.38. The molecule has 9 rings (SSSR count). The Kier molecular flexibility index (Phi) is 6.00. The maximum atomic E-state index is 6.73. The molecule has 2 nitrogen and oxygen atoms in total. The van der Waals surface area contributed by atoms with Crippen molar-refractivity contribution < 1.29 is 4.74 Å². The molecule has 1 unspecified atom stereocenters. The number of allylic oxidation sites excluding steroid dienone is 3. The second-order valence-corrected chi connectivity index (χ2v) is 15.7. The normalized spacial score (nSPS) is 16.5. The number of benzene rings is 6. The summed E-state index contributed by atoms with van der Waals surface area (Å²) in [5, 5.41) is 5.50. The third kappa shape index (κ3) is 3.94. The van der Waals surface area contributed by atoms with Gasteiger partial charge in [-0.2, -0.15) is 0 Å². The molecule has 1 spiro atoms. The van der Waals surface area contributed by atoms with E-state index in [2.05, 4.69) is 175 Å². The lowest BCUT2D eigenvalue weighted by Crippen LogP contribution is -2.74. The molecule has 0 saturated carbocycles. The van der Waals surface area contributed by atoms with E-state index in [1.165, 1.54) is 43.1 Å². The highest BCUT2D eigenvalue weighted by Crippen LogP contribution is 2.40. The molecule has 1 aliphatic carbocycles. The van der Waals surface area contributed by atoms with Crippen molar-refractivity contribution in [3.63, 3.8) is 0 Å². The minimum absolute atomic E-state index is 0.378. The third-order valence-electron chi connectivity index (χ3n) is 9.67. The molecule has 0 bridgehead atoms. The molecule has 0 amide bonds. The van der Waals surface area contributed by atoms with Gasteiger partial charge in [-0.05, 0) is 86.3 Å². The van der Waals surface area contributed by atoms with E-state index in [1.807, 2.05) is 0 Å². The zero-order chi connectivity index (χ0) is 29.8. The number of hydrogen-bond acceptors (Lipinski definition) is 2. The lowest BCUT2D eigenvalue weighted by Gasteiger charge is -2.38. The van der Waals surface area contributed by atoms with Gasteiger partial charge in [-0.15, -0.1) is 0 Å². The van der Waals surface area contributed by atoms with Gasteiger partial charge < -0.3 is 9.64 Å². The second kappa shape index (κ2) is 10.4. The number of fused-ring (bicyclic) bond motifs is 9. The first-order valence-electron chi connectivity index (χ1n) is 15.7. The van der Waals surface area contributed by atoms with Crippen LogP contribution in [0.3, 0.4) is 0 Å². The van der Waals surface area contributed by atoms with Crippen LogP contribution < -0.4 is 30.4 Å². The SMILES string of the molecule is C1=CC(c2ccccc2)CC=C1N(c1ccccc1)c1ccc2c(c1)[Si]1(c3ccccc3O2)c2ccccc2-c2ccccc21. The first-order valence-corrected chi connectivity index (χ1v) is 17.7. The van der Waals surface area contributed by atoms with E-state index < -0.39 is 8.07 Å². The fourth-order valence-corrected chi connectivity index (χ4v) is 13.1. The van der Waals surface area contributed by atoms with Gasteiger partial charge in [0.25, 0.3) is 0 Å². The maximum absolute atomic E-state index is 6.73. The van der Waals surface area contributed by atoms with Gasteiger partial charge in [-0.3, -0.25) is 0 Å². The zero-order valence-electron chi connectivity index (χ0n) is 24.8. The summed E-state index contributed by atoms with van der Waals surface area (Å²) in [5.74, 6) is 2.31. The molecular formula is C42H31NOSi. The molecule has 0 fully saturated rings. The summed E-state index contributed by atoms with van der Waals surface area (Å²) in [6.45, 7) is 0. The molecule has 2 heterocycles. The highest BCUT2D eigenvalue weighted by molar-refractivity contribution is 7.23. The van der Waals surface area contributed by atoms with Crippen LogP contribution in [0.1, 0.15) is 17.9 Å². The molecule has 1 atom stereocenters. The van der Waals surface area contributed by atoms with Crippen LogP contribution in [0.15, 0.2) is 176 Å². The largest absolute Gasteiger partial charge is 0.458 e. The maximum Gasteiger partial charge on any atom is 0.189 e. The summed E-state index contributed by atoms with van der Waals surface area (Å²) in [6, 6.07) is 55.2. The molecule has 6 aromatic carbocycles. The molecule has 214 valence electrons. The van der Waals surface area contributed by atoms with Crippen molar-refractivity contribution in [2.24, 2.45) is 0 Å². The van der Waals surface area contributed by atoms with E-state index in [1.54, 1.807) is 0 Å². The predicted molar refractivity (Wildman–Crippen MR) is 189 cm³/mol. The Morgan fingerprint density at radius 3 is 1.82 bits per heavy atom. The van der Waals surface area contributed by atoms with Crippen molar-refractivity contribution in [1.82, 2.24) is 0 Å². The van der Waals surface area contributed by atoms with Crippen LogP contribution in [-0.2, 0) is 0 Å². The summed E-state index contributed by atoms with van der Waals surface area (Å²) in [5.41, 5.74) is 7.52. The van der Waals surface area contributed by atoms with Crippen molar-refractivity contribution in [1.29, 1.82) is 0 Å². The Morgan fingerprint density at radius 1 is 0.533 bits per heavy atom. The van der Waals surface area contributed by atoms with Crippen molar-refractivity contribution >= 4 is 40.2 Å². The van der Waals surface area contributed by atoms with E-state index in [9.17, 15) is 0 Å². The molecule has 45 heavy (non-hydrogen) atoms. The Bertz CT molecular complexity index is 2090. The third-order valence-corrected chi connectivity index (χ3v) is 14.6. The van der Waals surface area contributed by atoms with Crippen molar-refractivity contribution in [2.45, 2.75) is 12.3 Å². The number of hydrogen-bond donors (Lipinski definition) is 0. The monoisotopic (exact) mass is 593 g/mol. The number of nitrogens with zero attached hydrogens (tertiary/aromatic N) is 1. The molecule has 2 aliphatic heterocycles. The van der Waals surface area contributed by atoms with Gasteiger partial charge in [0.15, 0.2) is 8.07 Å². The van der Waals surface area contributed by atoms with Crippen LogP contribution in [0, 0.1) is 0 Å². The number of ether oxygens (including phenoxy) is 1. The van der Waals surface area contributed by atoms with Gasteiger partial charge in [-0.1, -0.05) is 127 Å². The van der Waals surface area contributed by atoms with Crippen molar-refractivity contribution in [3.05, 3.63) is 181 Å². The van der Waals surface area contributed by atoms with Gasteiger partial charge in [0.1, 0.15) is 11.5 Å². The minimum atomic E-state index is -2.67. The fraction of sp³-hybridized carbons (Fsp3) is 0.0476. The van der Waals surface area contributed by atoms with Crippen LogP contribution in [0.25, 0.3) is 11.1 Å². The molecular weight excluding hydrogens is 563 g/mol.